The summed E-state index contributed by atoms with van der Waals surface area (Å²) in [5.41, 5.74) is 0. The SMILES string of the molecule is [CH2-]CCCC.[Mo]. The Labute approximate surface area is 54.6 Å². The maximum atomic E-state index is 3.68. The van der Waals surface area contributed by atoms with E-state index in [1.165, 1.54) is 12.8 Å². The molecule has 0 aliphatic heterocycles. The second kappa shape index (κ2) is 9.19. The standard InChI is InChI=1S/C5H11.Mo/c1-3-5-4-2;/h1,3-5H2,2H3;/q-1;. The first-order valence-electron chi connectivity index (χ1n) is 2.21. The fraction of sp³-hybridized carbons (Fsp3) is 0.800. The summed E-state index contributed by atoms with van der Waals surface area (Å²) in [6.45, 7) is 5.85. The van der Waals surface area contributed by atoms with E-state index in [4.69, 9.17) is 0 Å². The van der Waals surface area contributed by atoms with Crippen LogP contribution < -0.4 is 0 Å². The zero-order valence-electron chi connectivity index (χ0n) is 4.24. The summed E-state index contributed by atoms with van der Waals surface area (Å²) in [7, 11) is 0. The Kier molecular flexibility index (Phi) is 15.1. The summed E-state index contributed by atoms with van der Waals surface area (Å²) in [4.78, 5) is 0. The molecule has 0 saturated heterocycles. The first-order valence-corrected chi connectivity index (χ1v) is 2.21. The molecule has 0 unspecified atom stereocenters. The van der Waals surface area contributed by atoms with Crippen LogP contribution in [0.4, 0.5) is 0 Å². The smallest absolute Gasteiger partial charge is 0 e. The number of unbranched alkanes of at least 4 members (excludes halogenated alkanes) is 2. The molecule has 0 aromatic rings. The van der Waals surface area contributed by atoms with Gasteiger partial charge in [0.2, 0.25) is 0 Å². The molecule has 0 atom stereocenters. The maximum Gasteiger partial charge on any atom is 0 e. The molecule has 0 aromatic heterocycles. The van der Waals surface area contributed by atoms with Crippen LogP contribution in [0.15, 0.2) is 0 Å². The molecular formula is C5H11Mo-. The summed E-state index contributed by atoms with van der Waals surface area (Å²) >= 11 is 0. The molecule has 0 spiro atoms. The Morgan fingerprint density at radius 3 is 2.00 bits per heavy atom. The predicted molar refractivity (Wildman–Crippen MR) is 24.9 cm³/mol. The maximum absolute atomic E-state index is 3.68. The largest absolute Gasteiger partial charge is 0.343 e. The van der Waals surface area contributed by atoms with E-state index in [2.05, 4.69) is 13.8 Å². The van der Waals surface area contributed by atoms with Gasteiger partial charge in [0.1, 0.15) is 0 Å². The van der Waals surface area contributed by atoms with Crippen LogP contribution in [0.5, 0.6) is 0 Å². The Bertz CT molecular complexity index is 11.4. The van der Waals surface area contributed by atoms with Crippen molar-refractivity contribution in [1.29, 1.82) is 0 Å². The average Bonchev–Trinajstić information content (AvgIpc) is 1.41. The minimum Gasteiger partial charge on any atom is -0.343 e. The summed E-state index contributed by atoms with van der Waals surface area (Å²) in [6.07, 6.45) is 3.65. The van der Waals surface area contributed by atoms with Crippen molar-refractivity contribution in [2.45, 2.75) is 26.2 Å². The number of rotatable bonds is 2. The van der Waals surface area contributed by atoms with Gasteiger partial charge in [0.15, 0.2) is 0 Å². The van der Waals surface area contributed by atoms with Crippen LogP contribution in [0.1, 0.15) is 26.2 Å². The Hall–Kier alpha value is 0.688. The Morgan fingerprint density at radius 2 is 2.00 bits per heavy atom. The van der Waals surface area contributed by atoms with Crippen molar-refractivity contribution in [3.05, 3.63) is 6.92 Å². The second-order valence-electron chi connectivity index (χ2n) is 1.21. The van der Waals surface area contributed by atoms with Gasteiger partial charge in [-0.05, 0) is 0 Å². The van der Waals surface area contributed by atoms with Crippen LogP contribution in [0.3, 0.4) is 0 Å². The number of hydrogen-bond acceptors (Lipinski definition) is 0. The molecule has 0 radical (unpaired) electrons. The molecule has 0 rings (SSSR count). The van der Waals surface area contributed by atoms with Gasteiger partial charge in [0, 0.05) is 21.1 Å². The van der Waals surface area contributed by atoms with Crippen LogP contribution >= 0.6 is 0 Å². The van der Waals surface area contributed by atoms with E-state index in [1.54, 1.807) is 0 Å². The van der Waals surface area contributed by atoms with Gasteiger partial charge in [-0.3, -0.25) is 0 Å². The van der Waals surface area contributed by atoms with Crippen molar-refractivity contribution in [3.63, 3.8) is 0 Å². The van der Waals surface area contributed by atoms with E-state index >= 15 is 0 Å². The molecule has 0 aliphatic carbocycles. The molecule has 0 fully saturated rings. The third-order valence-corrected chi connectivity index (χ3v) is 0.604. The van der Waals surface area contributed by atoms with E-state index in [9.17, 15) is 0 Å². The molecule has 0 N–H and O–H groups in total. The molecule has 38 valence electrons. The van der Waals surface area contributed by atoms with Gasteiger partial charge in [-0.15, -0.1) is 0 Å². The Morgan fingerprint density at radius 1 is 1.50 bits per heavy atom. The van der Waals surface area contributed by atoms with Crippen LogP contribution in [0.2, 0.25) is 0 Å². The molecule has 0 aromatic carbocycles. The zero-order valence-corrected chi connectivity index (χ0v) is 6.24. The first-order chi connectivity index (χ1) is 2.41. The van der Waals surface area contributed by atoms with E-state index in [0.29, 0.717) is 0 Å². The molecule has 0 bridgehead atoms. The van der Waals surface area contributed by atoms with E-state index in [-0.39, 0.29) is 21.1 Å². The quantitative estimate of drug-likeness (QED) is 0.436. The molecule has 6 heavy (non-hydrogen) atoms. The van der Waals surface area contributed by atoms with Gasteiger partial charge < -0.3 is 6.92 Å². The van der Waals surface area contributed by atoms with Gasteiger partial charge in [-0.2, -0.15) is 6.42 Å². The van der Waals surface area contributed by atoms with Gasteiger partial charge in [0.25, 0.3) is 0 Å². The minimum atomic E-state index is 0. The summed E-state index contributed by atoms with van der Waals surface area (Å²) in [5, 5.41) is 0. The van der Waals surface area contributed by atoms with Crippen molar-refractivity contribution in [2.24, 2.45) is 0 Å². The van der Waals surface area contributed by atoms with Gasteiger partial charge in [-0.1, -0.05) is 19.8 Å². The first kappa shape index (κ1) is 9.85. The number of hydrogen-bond donors (Lipinski definition) is 0. The fourth-order valence-corrected chi connectivity index (χ4v) is 0.250. The van der Waals surface area contributed by atoms with E-state index < -0.39 is 0 Å². The zero-order chi connectivity index (χ0) is 4.12. The van der Waals surface area contributed by atoms with Crippen molar-refractivity contribution in [3.8, 4) is 0 Å². The van der Waals surface area contributed by atoms with E-state index in [0.717, 1.165) is 6.42 Å². The van der Waals surface area contributed by atoms with Crippen molar-refractivity contribution < 1.29 is 21.1 Å². The van der Waals surface area contributed by atoms with Crippen LogP contribution in [-0.2, 0) is 21.1 Å². The minimum absolute atomic E-state index is 0. The summed E-state index contributed by atoms with van der Waals surface area (Å²) in [5.74, 6) is 0. The average molecular weight is 167 g/mol. The van der Waals surface area contributed by atoms with Crippen LogP contribution in [0, 0.1) is 6.92 Å². The molecule has 0 heterocycles. The fourth-order valence-electron chi connectivity index (χ4n) is 0.250. The van der Waals surface area contributed by atoms with Crippen molar-refractivity contribution in [1.82, 2.24) is 0 Å². The van der Waals surface area contributed by atoms with Crippen LogP contribution in [0.25, 0.3) is 0 Å². The Balaban J connectivity index is 0. The summed E-state index contributed by atoms with van der Waals surface area (Å²) in [6, 6.07) is 0. The molecule has 0 aliphatic rings. The molecule has 0 saturated carbocycles. The topological polar surface area (TPSA) is 0 Å². The molecule has 0 amide bonds. The third-order valence-electron chi connectivity index (χ3n) is 0.604. The second-order valence-corrected chi connectivity index (χ2v) is 1.21. The van der Waals surface area contributed by atoms with Crippen LogP contribution in [-0.4, -0.2) is 0 Å². The van der Waals surface area contributed by atoms with E-state index in [1.807, 2.05) is 0 Å². The van der Waals surface area contributed by atoms with Crippen molar-refractivity contribution in [2.75, 3.05) is 0 Å². The summed E-state index contributed by atoms with van der Waals surface area (Å²) < 4.78 is 0. The van der Waals surface area contributed by atoms with Gasteiger partial charge in [-0.25, -0.2) is 0 Å². The van der Waals surface area contributed by atoms with Crippen molar-refractivity contribution >= 4 is 0 Å². The molecule has 0 nitrogen and oxygen atoms in total. The molecular weight excluding hydrogens is 156 g/mol. The normalized spacial score (nSPS) is 7.00. The monoisotopic (exact) mass is 169 g/mol. The van der Waals surface area contributed by atoms with Gasteiger partial charge >= 0.3 is 0 Å². The predicted octanol–water partition coefficient (Wildman–Crippen LogP) is 2.01. The van der Waals surface area contributed by atoms with Gasteiger partial charge in [0.05, 0.1) is 0 Å². The molecule has 1 heteroatoms. The third kappa shape index (κ3) is 8.82.